The average Bonchev–Trinajstić information content (AvgIpc) is 3.00. The summed E-state index contributed by atoms with van der Waals surface area (Å²) in [4.78, 5) is 41.8. The number of hydrogen-bond acceptors (Lipinski definition) is 7. The molecule has 12 heteroatoms. The van der Waals surface area contributed by atoms with Crippen molar-refractivity contribution in [2.24, 2.45) is 0 Å². The standard InChI is InChI=1S/C30H35N5O6S/c36-28(13-8-19-32-27-12-4-6-18-31-27)33-23-16-14-22(15-17-23)21-25(30(38)39)34-29(37)26-11-5-7-20-35(26)42(40,41)24-9-2-1-3-10-24/h1-4,6,9-10,12,14-18,25-26H,5,7-8,11,13,19-21H2,(H,31,32)(H,33,36)(H,34,37)(H,38,39)/t25-,26-/m0/s1. The number of anilines is 2. The van der Waals surface area contributed by atoms with Crippen molar-refractivity contribution in [1.82, 2.24) is 14.6 Å². The first-order chi connectivity index (χ1) is 20.2. The van der Waals surface area contributed by atoms with E-state index in [4.69, 9.17) is 0 Å². The summed E-state index contributed by atoms with van der Waals surface area (Å²) in [5.41, 5.74) is 1.21. The highest BCUT2D eigenvalue weighted by atomic mass is 32.2. The Labute approximate surface area is 245 Å². The fourth-order valence-corrected chi connectivity index (χ4v) is 6.44. The molecule has 0 unspecified atom stereocenters. The van der Waals surface area contributed by atoms with Gasteiger partial charge in [0.15, 0.2) is 0 Å². The second-order valence-corrected chi connectivity index (χ2v) is 11.9. The normalized spacial score (nSPS) is 16.2. The highest BCUT2D eigenvalue weighted by Crippen LogP contribution is 2.25. The number of aromatic nitrogens is 1. The van der Waals surface area contributed by atoms with E-state index in [1.54, 1.807) is 48.7 Å². The van der Waals surface area contributed by atoms with Crippen molar-refractivity contribution >= 4 is 39.3 Å². The Morgan fingerprint density at radius 3 is 2.40 bits per heavy atom. The van der Waals surface area contributed by atoms with Crippen LogP contribution >= 0.6 is 0 Å². The van der Waals surface area contributed by atoms with E-state index >= 15 is 0 Å². The second kappa shape index (κ2) is 14.6. The van der Waals surface area contributed by atoms with Gasteiger partial charge >= 0.3 is 5.97 Å². The van der Waals surface area contributed by atoms with Gasteiger partial charge in [0.25, 0.3) is 0 Å². The van der Waals surface area contributed by atoms with Gasteiger partial charge in [-0.2, -0.15) is 4.31 Å². The quantitative estimate of drug-likeness (QED) is 0.220. The van der Waals surface area contributed by atoms with Crippen molar-refractivity contribution in [3.05, 3.63) is 84.6 Å². The summed E-state index contributed by atoms with van der Waals surface area (Å²) < 4.78 is 27.7. The monoisotopic (exact) mass is 593 g/mol. The van der Waals surface area contributed by atoms with Gasteiger partial charge in [-0.3, -0.25) is 9.59 Å². The molecule has 2 aromatic carbocycles. The Morgan fingerprint density at radius 1 is 0.976 bits per heavy atom. The van der Waals surface area contributed by atoms with Crippen molar-refractivity contribution in [2.45, 2.75) is 55.5 Å². The molecule has 2 atom stereocenters. The number of carboxylic acids is 1. The van der Waals surface area contributed by atoms with Crippen molar-refractivity contribution in [1.29, 1.82) is 0 Å². The molecule has 4 rings (SSSR count). The Bertz CT molecular complexity index is 1450. The van der Waals surface area contributed by atoms with Crippen molar-refractivity contribution < 1.29 is 27.9 Å². The second-order valence-electron chi connectivity index (χ2n) is 10.0. The molecule has 2 heterocycles. The van der Waals surface area contributed by atoms with E-state index in [-0.39, 0.29) is 23.8 Å². The van der Waals surface area contributed by atoms with Crippen LogP contribution in [-0.4, -0.2) is 65.8 Å². The number of rotatable bonds is 13. The van der Waals surface area contributed by atoms with Gasteiger partial charge in [0.2, 0.25) is 21.8 Å². The van der Waals surface area contributed by atoms with Gasteiger partial charge in [0.05, 0.1) is 4.90 Å². The Morgan fingerprint density at radius 2 is 1.71 bits per heavy atom. The van der Waals surface area contributed by atoms with E-state index in [0.29, 0.717) is 49.9 Å². The topological polar surface area (TPSA) is 158 Å². The van der Waals surface area contributed by atoms with Crippen LogP contribution in [0, 0.1) is 0 Å². The summed E-state index contributed by atoms with van der Waals surface area (Å²) in [6.07, 6.45) is 4.19. The van der Waals surface area contributed by atoms with Crippen LogP contribution in [0.2, 0.25) is 0 Å². The number of aliphatic carboxylic acids is 1. The molecule has 1 aromatic heterocycles. The summed E-state index contributed by atoms with van der Waals surface area (Å²) in [6.45, 7) is 0.781. The number of pyridine rings is 1. The number of carbonyl (C=O) groups excluding carboxylic acids is 2. The van der Waals surface area contributed by atoms with Crippen LogP contribution in [0.15, 0.2) is 83.9 Å². The number of benzene rings is 2. The zero-order valence-electron chi connectivity index (χ0n) is 23.1. The first-order valence-electron chi connectivity index (χ1n) is 13.9. The van der Waals surface area contributed by atoms with Gasteiger partial charge in [0, 0.05) is 37.8 Å². The molecule has 1 aliphatic rings. The molecule has 0 aliphatic carbocycles. The first-order valence-corrected chi connectivity index (χ1v) is 15.3. The van der Waals surface area contributed by atoms with E-state index in [0.717, 1.165) is 5.82 Å². The number of amides is 2. The number of nitrogens with one attached hydrogen (secondary N) is 3. The number of nitrogens with zero attached hydrogens (tertiary/aromatic N) is 2. The van der Waals surface area contributed by atoms with Crippen LogP contribution in [0.4, 0.5) is 11.5 Å². The molecule has 0 spiro atoms. The number of carbonyl (C=O) groups is 3. The molecule has 1 saturated heterocycles. The summed E-state index contributed by atoms with van der Waals surface area (Å²) in [6, 6.07) is 17.9. The Hall–Kier alpha value is -4.29. The minimum atomic E-state index is -3.92. The molecule has 11 nitrogen and oxygen atoms in total. The van der Waals surface area contributed by atoms with Crippen LogP contribution in [-0.2, 0) is 30.8 Å². The third-order valence-corrected chi connectivity index (χ3v) is 8.87. The third-order valence-electron chi connectivity index (χ3n) is 6.95. The van der Waals surface area contributed by atoms with Crippen LogP contribution in [0.1, 0.15) is 37.7 Å². The van der Waals surface area contributed by atoms with Gasteiger partial charge in [-0.15, -0.1) is 0 Å². The number of piperidine rings is 1. The molecule has 1 aliphatic heterocycles. The molecule has 3 aromatic rings. The van der Waals surface area contributed by atoms with Gasteiger partial charge in [-0.25, -0.2) is 18.2 Å². The predicted octanol–water partition coefficient (Wildman–Crippen LogP) is 3.27. The number of sulfonamides is 1. The molecular formula is C30H35N5O6S. The van der Waals surface area contributed by atoms with E-state index < -0.39 is 34.0 Å². The lowest BCUT2D eigenvalue weighted by atomic mass is 10.0. The maximum atomic E-state index is 13.2. The molecule has 4 N–H and O–H groups in total. The minimum Gasteiger partial charge on any atom is -0.480 e. The van der Waals surface area contributed by atoms with Crippen LogP contribution in [0.3, 0.4) is 0 Å². The average molecular weight is 594 g/mol. The van der Waals surface area contributed by atoms with E-state index in [9.17, 15) is 27.9 Å². The first kappa shape index (κ1) is 30.7. The third kappa shape index (κ3) is 8.37. The summed E-state index contributed by atoms with van der Waals surface area (Å²) in [7, 11) is -3.92. The van der Waals surface area contributed by atoms with Gasteiger partial charge < -0.3 is 21.1 Å². The molecule has 0 saturated carbocycles. The van der Waals surface area contributed by atoms with Crippen LogP contribution in [0.5, 0.6) is 0 Å². The number of carboxylic acid groups (broad SMARTS) is 1. The molecule has 2 amide bonds. The fraction of sp³-hybridized carbons (Fsp3) is 0.333. The van der Waals surface area contributed by atoms with Gasteiger partial charge in [-0.05, 0) is 61.2 Å². The Balaban J connectivity index is 1.30. The molecule has 0 bridgehead atoms. The van der Waals surface area contributed by atoms with Crippen LogP contribution in [0.25, 0.3) is 0 Å². The van der Waals surface area contributed by atoms with E-state index in [1.807, 2.05) is 18.2 Å². The summed E-state index contributed by atoms with van der Waals surface area (Å²) in [5.74, 6) is -1.27. The molecule has 0 radical (unpaired) electrons. The van der Waals surface area contributed by atoms with Gasteiger partial charge in [0.1, 0.15) is 17.9 Å². The Kier molecular flexibility index (Phi) is 10.6. The lowest BCUT2D eigenvalue weighted by Gasteiger charge is -2.34. The van der Waals surface area contributed by atoms with Gasteiger partial charge in [-0.1, -0.05) is 42.8 Å². The molecule has 222 valence electrons. The molecule has 42 heavy (non-hydrogen) atoms. The van der Waals surface area contributed by atoms with Crippen molar-refractivity contribution in [2.75, 3.05) is 23.7 Å². The van der Waals surface area contributed by atoms with Crippen LogP contribution < -0.4 is 16.0 Å². The largest absolute Gasteiger partial charge is 0.480 e. The number of hydrogen-bond donors (Lipinski definition) is 4. The predicted molar refractivity (Wildman–Crippen MR) is 158 cm³/mol. The summed E-state index contributed by atoms with van der Waals surface area (Å²) >= 11 is 0. The maximum Gasteiger partial charge on any atom is 0.326 e. The summed E-state index contributed by atoms with van der Waals surface area (Å²) in [5, 5.41) is 18.3. The van der Waals surface area contributed by atoms with E-state index in [2.05, 4.69) is 20.9 Å². The smallest absolute Gasteiger partial charge is 0.326 e. The fourth-order valence-electron chi connectivity index (χ4n) is 4.77. The lowest BCUT2D eigenvalue weighted by molar-refractivity contribution is -0.142. The maximum absolute atomic E-state index is 13.2. The molecular weight excluding hydrogens is 558 g/mol. The van der Waals surface area contributed by atoms with Crippen molar-refractivity contribution in [3.8, 4) is 0 Å². The SMILES string of the molecule is O=C(CCCNc1ccccn1)Nc1ccc(C[C@H](NC(=O)[C@@H]2CCCCN2S(=O)(=O)c2ccccc2)C(=O)O)cc1. The van der Waals surface area contributed by atoms with Crippen molar-refractivity contribution in [3.63, 3.8) is 0 Å². The zero-order chi connectivity index (χ0) is 30.0. The highest BCUT2D eigenvalue weighted by Gasteiger charge is 2.38. The minimum absolute atomic E-state index is 0.00730. The van der Waals surface area contributed by atoms with E-state index in [1.165, 1.54) is 16.4 Å². The molecule has 1 fully saturated rings. The zero-order valence-corrected chi connectivity index (χ0v) is 23.9. The lowest BCUT2D eigenvalue weighted by Crippen LogP contribution is -2.55. The highest BCUT2D eigenvalue weighted by molar-refractivity contribution is 7.89.